The fraction of sp³-hybridized carbons (Fsp3) is 0.480. The Kier molecular flexibility index (Phi) is 7.67. The maximum absolute atomic E-state index is 12.7. The maximum atomic E-state index is 12.7. The Balaban J connectivity index is 1.21. The Morgan fingerprint density at radius 2 is 1.67 bits per heavy atom. The molecule has 0 radical (unpaired) electrons. The summed E-state index contributed by atoms with van der Waals surface area (Å²) in [7, 11) is -1.95. The first-order valence-electron chi connectivity index (χ1n) is 11.7. The molecule has 2 aromatic carbocycles. The first-order chi connectivity index (χ1) is 15.9. The lowest BCUT2D eigenvalue weighted by atomic mass is 9.92. The lowest BCUT2D eigenvalue weighted by molar-refractivity contribution is -0.132. The standard InChI is InChI=1S/C25H33N3O4S/c1-32-23-9-6-20(7-10-23)19-27-14-16-28(17-15-27)25(29)12-13-26-33(30,31)24-11-8-21-4-2-3-5-22(21)18-24/h6-11,18,26H,2-5,12-17,19H2,1H3. The molecule has 1 N–H and O–H groups in total. The Morgan fingerprint density at radius 3 is 2.36 bits per heavy atom. The topological polar surface area (TPSA) is 79.0 Å². The van der Waals surface area contributed by atoms with E-state index in [1.165, 1.54) is 11.1 Å². The molecule has 2 aromatic rings. The molecule has 0 saturated carbocycles. The van der Waals surface area contributed by atoms with Crippen molar-refractivity contribution < 1.29 is 17.9 Å². The van der Waals surface area contributed by atoms with Crippen LogP contribution >= 0.6 is 0 Å². The van der Waals surface area contributed by atoms with Crippen molar-refractivity contribution >= 4 is 15.9 Å². The number of piperazine rings is 1. The van der Waals surface area contributed by atoms with Crippen LogP contribution in [-0.4, -0.2) is 64.0 Å². The predicted molar refractivity (Wildman–Crippen MR) is 128 cm³/mol. The number of aryl methyl sites for hydroxylation is 2. The van der Waals surface area contributed by atoms with E-state index in [0.29, 0.717) is 18.0 Å². The van der Waals surface area contributed by atoms with E-state index in [9.17, 15) is 13.2 Å². The van der Waals surface area contributed by atoms with Crippen molar-refractivity contribution in [2.45, 2.75) is 43.5 Å². The van der Waals surface area contributed by atoms with Gasteiger partial charge in [0.15, 0.2) is 0 Å². The van der Waals surface area contributed by atoms with Gasteiger partial charge in [0.05, 0.1) is 12.0 Å². The second-order valence-electron chi connectivity index (χ2n) is 8.79. The molecule has 0 bridgehead atoms. The van der Waals surface area contributed by atoms with Crippen molar-refractivity contribution in [1.29, 1.82) is 0 Å². The summed E-state index contributed by atoms with van der Waals surface area (Å²) >= 11 is 0. The molecule has 1 fully saturated rings. The van der Waals surface area contributed by atoms with Crippen molar-refractivity contribution in [3.63, 3.8) is 0 Å². The maximum Gasteiger partial charge on any atom is 0.240 e. The molecule has 0 atom stereocenters. The van der Waals surface area contributed by atoms with E-state index < -0.39 is 10.0 Å². The van der Waals surface area contributed by atoms with E-state index in [1.54, 1.807) is 19.2 Å². The highest BCUT2D eigenvalue weighted by molar-refractivity contribution is 7.89. The number of carbonyl (C=O) groups excluding carboxylic acids is 1. The fourth-order valence-electron chi connectivity index (χ4n) is 4.56. The van der Waals surface area contributed by atoms with Crippen molar-refractivity contribution in [2.24, 2.45) is 0 Å². The summed E-state index contributed by atoms with van der Waals surface area (Å²) in [4.78, 5) is 17.1. The van der Waals surface area contributed by atoms with E-state index in [0.717, 1.165) is 56.6 Å². The van der Waals surface area contributed by atoms with Gasteiger partial charge in [-0.15, -0.1) is 0 Å². The molecule has 0 aromatic heterocycles. The number of sulfonamides is 1. The third kappa shape index (κ3) is 6.13. The summed E-state index contributed by atoms with van der Waals surface area (Å²) in [5.74, 6) is 0.837. The van der Waals surface area contributed by atoms with Crippen LogP contribution in [-0.2, 0) is 34.2 Å². The van der Waals surface area contributed by atoms with Gasteiger partial charge in [0, 0.05) is 45.7 Å². The molecule has 178 valence electrons. The SMILES string of the molecule is COc1ccc(CN2CCN(C(=O)CCNS(=O)(=O)c3ccc4c(c3)CCCC4)CC2)cc1. The minimum atomic E-state index is -3.61. The van der Waals surface area contributed by atoms with Gasteiger partial charge in [-0.2, -0.15) is 0 Å². The average Bonchev–Trinajstić information content (AvgIpc) is 2.84. The second-order valence-corrected chi connectivity index (χ2v) is 10.6. The van der Waals surface area contributed by atoms with E-state index in [-0.39, 0.29) is 18.9 Å². The van der Waals surface area contributed by atoms with Crippen LogP contribution < -0.4 is 9.46 Å². The zero-order valence-electron chi connectivity index (χ0n) is 19.3. The number of carbonyl (C=O) groups is 1. The quantitative estimate of drug-likeness (QED) is 0.640. The van der Waals surface area contributed by atoms with Gasteiger partial charge in [-0.3, -0.25) is 9.69 Å². The van der Waals surface area contributed by atoms with E-state index in [4.69, 9.17) is 4.74 Å². The van der Waals surface area contributed by atoms with Gasteiger partial charge in [-0.25, -0.2) is 13.1 Å². The fourth-order valence-corrected chi connectivity index (χ4v) is 5.64. The number of methoxy groups -OCH3 is 1. The van der Waals surface area contributed by atoms with Gasteiger partial charge < -0.3 is 9.64 Å². The summed E-state index contributed by atoms with van der Waals surface area (Å²) in [5.41, 5.74) is 3.60. The molecule has 1 aliphatic carbocycles. The van der Waals surface area contributed by atoms with Crippen molar-refractivity contribution in [2.75, 3.05) is 39.8 Å². The number of rotatable bonds is 8. The number of hydrogen-bond donors (Lipinski definition) is 1. The van der Waals surface area contributed by atoms with Gasteiger partial charge in [-0.05, 0) is 66.6 Å². The summed E-state index contributed by atoms with van der Waals surface area (Å²) in [6.45, 7) is 3.88. The molecule has 1 heterocycles. The van der Waals surface area contributed by atoms with Crippen LogP contribution in [0.5, 0.6) is 5.75 Å². The number of fused-ring (bicyclic) bond motifs is 1. The van der Waals surface area contributed by atoms with Crippen molar-refractivity contribution in [1.82, 2.24) is 14.5 Å². The van der Waals surface area contributed by atoms with Crippen LogP contribution in [0, 0.1) is 0 Å². The molecule has 1 saturated heterocycles. The highest BCUT2D eigenvalue weighted by Crippen LogP contribution is 2.24. The largest absolute Gasteiger partial charge is 0.497 e. The average molecular weight is 472 g/mol. The molecule has 1 aliphatic heterocycles. The third-order valence-electron chi connectivity index (χ3n) is 6.55. The van der Waals surface area contributed by atoms with E-state index >= 15 is 0 Å². The molecule has 8 heteroatoms. The molecular formula is C25H33N3O4S. The van der Waals surface area contributed by atoms with Crippen molar-refractivity contribution in [3.05, 3.63) is 59.2 Å². The Bertz CT molecular complexity index is 1060. The number of benzene rings is 2. The highest BCUT2D eigenvalue weighted by Gasteiger charge is 2.22. The molecule has 0 spiro atoms. The minimum Gasteiger partial charge on any atom is -0.497 e. The van der Waals surface area contributed by atoms with E-state index in [1.807, 2.05) is 23.1 Å². The Morgan fingerprint density at radius 1 is 0.970 bits per heavy atom. The monoisotopic (exact) mass is 471 g/mol. The number of amides is 1. The molecule has 33 heavy (non-hydrogen) atoms. The van der Waals surface area contributed by atoms with Crippen LogP contribution in [0.25, 0.3) is 0 Å². The summed E-state index contributed by atoms with van der Waals surface area (Å²) in [5, 5.41) is 0. The van der Waals surface area contributed by atoms with Crippen molar-refractivity contribution in [3.8, 4) is 5.75 Å². The zero-order chi connectivity index (χ0) is 23.3. The molecule has 0 unspecified atom stereocenters. The first kappa shape index (κ1) is 23.7. The Labute approximate surface area is 196 Å². The van der Waals surface area contributed by atoms with Gasteiger partial charge in [0.2, 0.25) is 15.9 Å². The van der Waals surface area contributed by atoms with Crippen LogP contribution in [0.1, 0.15) is 36.0 Å². The van der Waals surface area contributed by atoms with Crippen LogP contribution in [0.15, 0.2) is 47.4 Å². The van der Waals surface area contributed by atoms with E-state index in [2.05, 4.69) is 21.8 Å². The van der Waals surface area contributed by atoms with Crippen LogP contribution in [0.3, 0.4) is 0 Å². The lowest BCUT2D eigenvalue weighted by Gasteiger charge is -2.34. The summed E-state index contributed by atoms with van der Waals surface area (Å²) < 4.78 is 33.2. The lowest BCUT2D eigenvalue weighted by Crippen LogP contribution is -2.48. The first-order valence-corrected chi connectivity index (χ1v) is 13.2. The van der Waals surface area contributed by atoms with Crippen LogP contribution in [0.2, 0.25) is 0 Å². The molecule has 7 nitrogen and oxygen atoms in total. The number of ether oxygens (including phenoxy) is 1. The molecule has 2 aliphatic rings. The summed E-state index contributed by atoms with van der Waals surface area (Å²) in [6, 6.07) is 13.4. The number of nitrogens with one attached hydrogen (secondary N) is 1. The Hall–Kier alpha value is -2.42. The molecule has 1 amide bonds. The zero-order valence-corrected chi connectivity index (χ0v) is 20.1. The third-order valence-corrected chi connectivity index (χ3v) is 8.01. The van der Waals surface area contributed by atoms with Gasteiger partial charge in [0.25, 0.3) is 0 Å². The molecule has 4 rings (SSSR count). The highest BCUT2D eigenvalue weighted by atomic mass is 32.2. The normalized spacial score (nSPS) is 16.9. The second kappa shape index (κ2) is 10.7. The molecular weight excluding hydrogens is 438 g/mol. The number of nitrogens with zero attached hydrogens (tertiary/aromatic N) is 2. The van der Waals surface area contributed by atoms with Gasteiger partial charge in [0.1, 0.15) is 5.75 Å². The predicted octanol–water partition coefficient (Wildman–Crippen LogP) is 2.59. The smallest absolute Gasteiger partial charge is 0.240 e. The van der Waals surface area contributed by atoms with Crippen LogP contribution in [0.4, 0.5) is 0 Å². The summed E-state index contributed by atoms with van der Waals surface area (Å²) in [6.07, 6.45) is 4.39. The van der Waals surface area contributed by atoms with Gasteiger partial charge in [-0.1, -0.05) is 18.2 Å². The van der Waals surface area contributed by atoms with Gasteiger partial charge >= 0.3 is 0 Å². The minimum absolute atomic E-state index is 0.00719. The number of hydrogen-bond acceptors (Lipinski definition) is 5.